The van der Waals surface area contributed by atoms with E-state index < -0.39 is 23.7 Å². The Balaban J connectivity index is 1.43. The highest BCUT2D eigenvalue weighted by Crippen LogP contribution is 2.38. The minimum Gasteiger partial charge on any atom is -0.403 e. The molecule has 0 atom stereocenters. The standard InChI is InChI=1S/C28H31F5O/c1-2-3-18-4-6-19(7-5-18)8-9-20-10-13-23-21(16-20)11-14-24(27(23)30)22-12-15-26(25(29)17-22)34-28(31,32)33/h11-12,14-19H,2-10,13H2,1H3. The van der Waals surface area contributed by atoms with Crippen molar-refractivity contribution in [2.75, 3.05) is 0 Å². The van der Waals surface area contributed by atoms with Crippen LogP contribution in [-0.2, 0) is 6.42 Å². The topological polar surface area (TPSA) is 9.23 Å². The number of rotatable bonds is 7. The zero-order valence-electron chi connectivity index (χ0n) is 19.5. The first-order valence-electron chi connectivity index (χ1n) is 12.3. The molecule has 2 aliphatic rings. The first-order chi connectivity index (χ1) is 16.2. The van der Waals surface area contributed by atoms with Crippen LogP contribution in [0.1, 0.15) is 75.8 Å². The lowest BCUT2D eigenvalue weighted by Crippen LogP contribution is -2.17. The van der Waals surface area contributed by atoms with Gasteiger partial charge in [0, 0.05) is 5.56 Å². The molecule has 0 aliphatic heterocycles. The SMILES string of the molecule is CCCC1CCC(CCC2=Cc3ccc(-c4ccc(OC(F)(F)F)c(F)c4)c(F)c3CC2)CC1. The van der Waals surface area contributed by atoms with Gasteiger partial charge in [-0.25, -0.2) is 8.78 Å². The molecule has 1 saturated carbocycles. The normalized spacial score (nSPS) is 20.6. The molecule has 0 aromatic heterocycles. The monoisotopic (exact) mass is 478 g/mol. The van der Waals surface area contributed by atoms with Crippen molar-refractivity contribution in [2.24, 2.45) is 11.8 Å². The van der Waals surface area contributed by atoms with E-state index in [1.807, 2.05) is 6.07 Å². The van der Waals surface area contributed by atoms with Crippen LogP contribution in [0.15, 0.2) is 35.9 Å². The highest BCUT2D eigenvalue weighted by molar-refractivity contribution is 5.71. The molecule has 0 N–H and O–H groups in total. The van der Waals surface area contributed by atoms with Gasteiger partial charge < -0.3 is 4.74 Å². The maximum atomic E-state index is 15.3. The Morgan fingerprint density at radius 1 is 0.912 bits per heavy atom. The van der Waals surface area contributed by atoms with Crippen molar-refractivity contribution in [1.29, 1.82) is 0 Å². The van der Waals surface area contributed by atoms with E-state index in [2.05, 4.69) is 17.7 Å². The lowest BCUT2D eigenvalue weighted by molar-refractivity contribution is -0.275. The van der Waals surface area contributed by atoms with Crippen LogP contribution in [0.4, 0.5) is 22.0 Å². The Morgan fingerprint density at radius 3 is 2.26 bits per heavy atom. The summed E-state index contributed by atoms with van der Waals surface area (Å²) in [6.07, 6.45) is 8.62. The minimum atomic E-state index is -4.99. The summed E-state index contributed by atoms with van der Waals surface area (Å²) in [6.45, 7) is 2.26. The quantitative estimate of drug-likeness (QED) is 0.360. The zero-order valence-corrected chi connectivity index (χ0v) is 19.5. The summed E-state index contributed by atoms with van der Waals surface area (Å²) in [5.74, 6) is -0.861. The summed E-state index contributed by atoms with van der Waals surface area (Å²) in [4.78, 5) is 0. The summed E-state index contributed by atoms with van der Waals surface area (Å²) in [6, 6.07) is 6.40. The van der Waals surface area contributed by atoms with Gasteiger partial charge in [0.05, 0.1) is 0 Å². The van der Waals surface area contributed by atoms with Gasteiger partial charge in [0.2, 0.25) is 0 Å². The molecule has 0 spiro atoms. The maximum absolute atomic E-state index is 15.3. The van der Waals surface area contributed by atoms with Crippen molar-refractivity contribution in [3.05, 3.63) is 58.7 Å². The number of hydrogen-bond donors (Lipinski definition) is 0. The first-order valence-corrected chi connectivity index (χ1v) is 12.3. The first kappa shape index (κ1) is 24.7. The van der Waals surface area contributed by atoms with Crippen LogP contribution in [0.25, 0.3) is 17.2 Å². The fourth-order valence-electron chi connectivity index (χ4n) is 5.51. The van der Waals surface area contributed by atoms with Crippen molar-refractivity contribution in [2.45, 2.75) is 77.5 Å². The Labute approximate surface area is 198 Å². The van der Waals surface area contributed by atoms with Crippen LogP contribution in [-0.4, -0.2) is 6.36 Å². The Bertz CT molecular complexity index is 1030. The second-order valence-electron chi connectivity index (χ2n) is 9.70. The average molecular weight is 479 g/mol. The van der Waals surface area contributed by atoms with Crippen molar-refractivity contribution in [3.8, 4) is 16.9 Å². The predicted molar refractivity (Wildman–Crippen MR) is 124 cm³/mol. The molecule has 2 aromatic rings. The number of allylic oxidation sites excluding steroid dienone is 1. The largest absolute Gasteiger partial charge is 0.573 e. The van der Waals surface area contributed by atoms with Crippen LogP contribution in [0.3, 0.4) is 0 Å². The van der Waals surface area contributed by atoms with Crippen LogP contribution in [0.5, 0.6) is 5.75 Å². The molecule has 0 bridgehead atoms. The van der Waals surface area contributed by atoms with Gasteiger partial charge in [0.15, 0.2) is 11.6 Å². The highest BCUT2D eigenvalue weighted by Gasteiger charge is 2.32. The number of ether oxygens (including phenoxy) is 1. The molecule has 34 heavy (non-hydrogen) atoms. The van der Waals surface area contributed by atoms with Gasteiger partial charge in [-0.05, 0) is 66.3 Å². The fourth-order valence-corrected chi connectivity index (χ4v) is 5.51. The van der Waals surface area contributed by atoms with E-state index in [4.69, 9.17) is 0 Å². The van der Waals surface area contributed by atoms with E-state index in [-0.39, 0.29) is 11.1 Å². The third-order valence-electron chi connectivity index (χ3n) is 7.34. The molecular formula is C28H31F5O. The van der Waals surface area contributed by atoms with E-state index >= 15 is 4.39 Å². The van der Waals surface area contributed by atoms with E-state index in [0.717, 1.165) is 42.4 Å². The highest BCUT2D eigenvalue weighted by atomic mass is 19.4. The lowest BCUT2D eigenvalue weighted by Gasteiger charge is -2.29. The molecule has 0 heterocycles. The number of fused-ring (bicyclic) bond motifs is 1. The van der Waals surface area contributed by atoms with Gasteiger partial charge in [-0.1, -0.05) is 75.3 Å². The third kappa shape index (κ3) is 6.00. The van der Waals surface area contributed by atoms with Gasteiger partial charge in [0.1, 0.15) is 5.82 Å². The van der Waals surface area contributed by atoms with Crippen molar-refractivity contribution >= 4 is 6.08 Å². The molecule has 4 rings (SSSR count). The fraction of sp³-hybridized carbons (Fsp3) is 0.500. The molecule has 0 radical (unpaired) electrons. The van der Waals surface area contributed by atoms with E-state index in [1.54, 1.807) is 6.07 Å². The maximum Gasteiger partial charge on any atom is 0.573 e. The molecule has 2 aliphatic carbocycles. The Hall–Kier alpha value is -2.37. The van der Waals surface area contributed by atoms with Gasteiger partial charge >= 0.3 is 6.36 Å². The number of alkyl halides is 3. The lowest BCUT2D eigenvalue weighted by atomic mass is 9.77. The molecule has 0 unspecified atom stereocenters. The molecule has 0 saturated heterocycles. The Kier molecular flexibility index (Phi) is 7.63. The van der Waals surface area contributed by atoms with Crippen molar-refractivity contribution in [3.63, 3.8) is 0 Å². The molecule has 184 valence electrons. The average Bonchev–Trinajstić information content (AvgIpc) is 2.80. The smallest absolute Gasteiger partial charge is 0.403 e. The van der Waals surface area contributed by atoms with Gasteiger partial charge in [0.25, 0.3) is 0 Å². The third-order valence-corrected chi connectivity index (χ3v) is 7.34. The second-order valence-corrected chi connectivity index (χ2v) is 9.70. The molecule has 1 nitrogen and oxygen atoms in total. The van der Waals surface area contributed by atoms with Crippen LogP contribution in [0.2, 0.25) is 0 Å². The van der Waals surface area contributed by atoms with Gasteiger partial charge in [-0.3, -0.25) is 0 Å². The zero-order chi connectivity index (χ0) is 24.3. The molecule has 2 aromatic carbocycles. The Morgan fingerprint density at radius 2 is 1.62 bits per heavy atom. The minimum absolute atomic E-state index is 0.178. The number of hydrogen-bond acceptors (Lipinski definition) is 1. The summed E-state index contributed by atoms with van der Waals surface area (Å²) < 4.78 is 70.2. The van der Waals surface area contributed by atoms with E-state index in [9.17, 15) is 17.6 Å². The summed E-state index contributed by atoms with van der Waals surface area (Å²) in [5.41, 5.74) is 3.12. The predicted octanol–water partition coefficient (Wildman–Crippen LogP) is 9.25. The summed E-state index contributed by atoms with van der Waals surface area (Å²) >= 11 is 0. The van der Waals surface area contributed by atoms with E-state index in [0.29, 0.717) is 12.0 Å². The number of benzene rings is 2. The van der Waals surface area contributed by atoms with Gasteiger partial charge in [-0.2, -0.15) is 0 Å². The summed E-state index contributed by atoms with van der Waals surface area (Å²) in [5, 5.41) is 0. The molecular weight excluding hydrogens is 447 g/mol. The second kappa shape index (κ2) is 10.5. The summed E-state index contributed by atoms with van der Waals surface area (Å²) in [7, 11) is 0. The van der Waals surface area contributed by atoms with Crippen LogP contribution >= 0.6 is 0 Å². The molecule has 1 fully saturated rings. The van der Waals surface area contributed by atoms with Gasteiger partial charge in [-0.15, -0.1) is 13.2 Å². The van der Waals surface area contributed by atoms with E-state index in [1.165, 1.54) is 56.6 Å². The van der Waals surface area contributed by atoms with Crippen LogP contribution < -0.4 is 4.74 Å². The van der Waals surface area contributed by atoms with Crippen LogP contribution in [0, 0.1) is 23.5 Å². The van der Waals surface area contributed by atoms with Crippen molar-refractivity contribution < 1.29 is 26.7 Å². The molecule has 6 heteroatoms. The number of halogens is 5. The van der Waals surface area contributed by atoms with Crippen molar-refractivity contribution in [1.82, 2.24) is 0 Å². The molecule has 0 amide bonds.